The maximum atomic E-state index is 9.93. The topological polar surface area (TPSA) is 26.7 Å². The number of anilines is 1. The summed E-state index contributed by atoms with van der Waals surface area (Å²) in [6, 6.07) is 14.8. The number of hydrogen-bond acceptors (Lipinski definition) is 3. The van der Waals surface area contributed by atoms with E-state index in [4.69, 9.17) is 0 Å². The summed E-state index contributed by atoms with van der Waals surface area (Å²) in [5, 5.41) is 14.3. The fraction of sp³-hybridized carbons (Fsp3) is 0.455. The van der Waals surface area contributed by atoms with Crippen molar-refractivity contribution in [3.8, 4) is 0 Å². The highest BCUT2D eigenvalue weighted by Gasteiger charge is 2.11. The van der Waals surface area contributed by atoms with Crippen molar-refractivity contribution in [1.82, 2.24) is 5.01 Å². The third-order valence-electron chi connectivity index (χ3n) is 5.12. The van der Waals surface area contributed by atoms with Crippen molar-refractivity contribution in [2.24, 2.45) is 0 Å². The highest BCUT2D eigenvalue weighted by atomic mass is 16.3. The van der Waals surface area contributed by atoms with Gasteiger partial charge in [0, 0.05) is 20.6 Å². The van der Waals surface area contributed by atoms with E-state index in [9.17, 15) is 5.11 Å². The van der Waals surface area contributed by atoms with Crippen LogP contribution >= 0.6 is 0 Å². The molecule has 1 unspecified atom stereocenters. The predicted molar refractivity (Wildman–Crippen MR) is 107 cm³/mol. The average Bonchev–Trinajstić information content (AvgIpc) is 2.65. The maximum absolute atomic E-state index is 9.93. The van der Waals surface area contributed by atoms with Crippen molar-refractivity contribution in [3.63, 3.8) is 0 Å². The largest absolute Gasteiger partial charge is 0.388 e. The third-order valence-corrected chi connectivity index (χ3v) is 5.12. The Labute approximate surface area is 152 Å². The Morgan fingerprint density at radius 2 is 1.68 bits per heavy atom. The van der Waals surface area contributed by atoms with Crippen molar-refractivity contribution in [3.05, 3.63) is 64.7 Å². The van der Waals surface area contributed by atoms with Crippen LogP contribution in [0.15, 0.2) is 42.5 Å². The van der Waals surface area contributed by atoms with E-state index in [-0.39, 0.29) is 6.10 Å². The Morgan fingerprint density at radius 3 is 2.28 bits per heavy atom. The lowest BCUT2D eigenvalue weighted by atomic mass is 9.97. The zero-order valence-corrected chi connectivity index (χ0v) is 16.3. The van der Waals surface area contributed by atoms with Gasteiger partial charge in [-0.1, -0.05) is 44.2 Å². The summed E-state index contributed by atoms with van der Waals surface area (Å²) >= 11 is 0. The fourth-order valence-corrected chi connectivity index (χ4v) is 3.22. The Kier molecular flexibility index (Phi) is 7.03. The highest BCUT2D eigenvalue weighted by Crippen LogP contribution is 2.22. The molecule has 0 heterocycles. The molecule has 2 rings (SSSR count). The number of aryl methyl sites for hydroxylation is 2. The van der Waals surface area contributed by atoms with Crippen LogP contribution in [0.2, 0.25) is 0 Å². The molecule has 25 heavy (non-hydrogen) atoms. The lowest BCUT2D eigenvalue weighted by Gasteiger charge is -2.31. The van der Waals surface area contributed by atoms with E-state index < -0.39 is 0 Å². The number of rotatable bonds is 8. The summed E-state index contributed by atoms with van der Waals surface area (Å²) < 4.78 is 0. The minimum atomic E-state index is -0.370. The highest BCUT2D eigenvalue weighted by molar-refractivity contribution is 5.46. The zero-order valence-electron chi connectivity index (χ0n) is 16.3. The van der Waals surface area contributed by atoms with Crippen LogP contribution in [0.25, 0.3) is 0 Å². The second-order valence-corrected chi connectivity index (χ2v) is 6.74. The molecule has 0 radical (unpaired) electrons. The molecule has 3 heteroatoms. The molecule has 2 aromatic rings. The summed E-state index contributed by atoms with van der Waals surface area (Å²) in [7, 11) is 4.21. The molecule has 0 saturated carbocycles. The third kappa shape index (κ3) is 4.83. The van der Waals surface area contributed by atoms with Crippen LogP contribution < -0.4 is 5.01 Å². The van der Waals surface area contributed by atoms with Crippen molar-refractivity contribution in [2.45, 2.75) is 46.1 Å². The Bertz CT molecular complexity index is 666. The van der Waals surface area contributed by atoms with Crippen LogP contribution in [0.5, 0.6) is 0 Å². The molecule has 0 aliphatic rings. The van der Waals surface area contributed by atoms with E-state index in [2.05, 4.69) is 68.3 Å². The first-order chi connectivity index (χ1) is 12.0. The summed E-state index contributed by atoms with van der Waals surface area (Å²) in [4.78, 5) is 0. The van der Waals surface area contributed by atoms with Crippen LogP contribution in [0.3, 0.4) is 0 Å². The number of likely N-dealkylation sites (N-methyl/N-ethyl adjacent to an activating group) is 1. The first-order valence-corrected chi connectivity index (χ1v) is 9.28. The van der Waals surface area contributed by atoms with E-state index in [1.165, 1.54) is 16.7 Å². The van der Waals surface area contributed by atoms with Gasteiger partial charge in [0.2, 0.25) is 0 Å². The molecule has 1 N–H and O–H groups in total. The van der Waals surface area contributed by atoms with E-state index >= 15 is 0 Å². The van der Waals surface area contributed by atoms with Crippen molar-refractivity contribution in [1.29, 1.82) is 0 Å². The molecule has 0 bridgehead atoms. The number of aliphatic hydroxyl groups is 1. The van der Waals surface area contributed by atoms with Crippen LogP contribution in [0.1, 0.15) is 48.6 Å². The molecule has 0 saturated heterocycles. The summed E-state index contributed by atoms with van der Waals surface area (Å²) in [6.07, 6.45) is 2.50. The van der Waals surface area contributed by atoms with Gasteiger partial charge in [-0.05, 0) is 60.6 Å². The number of benzene rings is 2. The first kappa shape index (κ1) is 19.5. The molecule has 0 amide bonds. The Hall–Kier alpha value is -1.84. The van der Waals surface area contributed by atoms with Crippen LogP contribution in [0, 0.1) is 6.92 Å². The quantitative estimate of drug-likeness (QED) is 0.715. The normalized spacial score (nSPS) is 12.4. The van der Waals surface area contributed by atoms with Gasteiger partial charge in [-0.25, -0.2) is 5.01 Å². The molecule has 1 atom stereocenters. The first-order valence-electron chi connectivity index (χ1n) is 9.28. The van der Waals surface area contributed by atoms with Gasteiger partial charge in [0.1, 0.15) is 0 Å². The van der Waals surface area contributed by atoms with Gasteiger partial charge in [0.15, 0.2) is 0 Å². The molecule has 136 valence electrons. The second-order valence-electron chi connectivity index (χ2n) is 6.74. The number of nitrogens with zero attached hydrogens (tertiary/aromatic N) is 2. The molecule has 0 spiro atoms. The lowest BCUT2D eigenvalue weighted by Crippen LogP contribution is -2.38. The molecule has 2 aromatic carbocycles. The molecule has 0 fully saturated rings. The van der Waals surface area contributed by atoms with E-state index in [0.717, 1.165) is 37.1 Å². The average molecular weight is 341 g/mol. The van der Waals surface area contributed by atoms with E-state index in [1.54, 1.807) is 0 Å². The molecule has 0 aliphatic heterocycles. The zero-order chi connectivity index (χ0) is 18.4. The molecule has 0 aliphatic carbocycles. The summed E-state index contributed by atoms with van der Waals surface area (Å²) in [5.74, 6) is 0. The van der Waals surface area contributed by atoms with Crippen molar-refractivity contribution >= 4 is 5.69 Å². The summed E-state index contributed by atoms with van der Waals surface area (Å²) in [6.45, 7) is 7.39. The van der Waals surface area contributed by atoms with E-state index in [1.807, 2.05) is 19.1 Å². The van der Waals surface area contributed by atoms with Gasteiger partial charge in [-0.15, -0.1) is 0 Å². The van der Waals surface area contributed by atoms with Crippen LogP contribution in [-0.4, -0.2) is 30.8 Å². The monoisotopic (exact) mass is 340 g/mol. The second kappa shape index (κ2) is 9.02. The minimum Gasteiger partial charge on any atom is -0.388 e. The number of hydrogen-bond donors (Lipinski definition) is 1. The Morgan fingerprint density at radius 1 is 1.00 bits per heavy atom. The predicted octanol–water partition coefficient (Wildman–Crippen LogP) is 4.53. The molecule has 0 aromatic heterocycles. The Balaban J connectivity index is 2.02. The molecular weight excluding hydrogens is 308 g/mol. The summed E-state index contributed by atoms with van der Waals surface area (Å²) in [5.41, 5.74) is 6.43. The van der Waals surface area contributed by atoms with Gasteiger partial charge in [0.05, 0.1) is 11.8 Å². The van der Waals surface area contributed by atoms with Gasteiger partial charge < -0.3 is 10.1 Å². The smallest absolute Gasteiger partial charge is 0.0787 e. The molecule has 3 nitrogen and oxygen atoms in total. The lowest BCUT2D eigenvalue weighted by molar-refractivity contribution is 0.173. The van der Waals surface area contributed by atoms with Crippen molar-refractivity contribution in [2.75, 3.05) is 25.6 Å². The van der Waals surface area contributed by atoms with Gasteiger partial charge in [-0.2, -0.15) is 0 Å². The minimum absolute atomic E-state index is 0.370. The fourth-order valence-electron chi connectivity index (χ4n) is 3.22. The molecular formula is C22H32N2O. The van der Waals surface area contributed by atoms with Gasteiger partial charge in [-0.3, -0.25) is 0 Å². The van der Waals surface area contributed by atoms with Gasteiger partial charge in [0.25, 0.3) is 0 Å². The van der Waals surface area contributed by atoms with Crippen LogP contribution in [-0.2, 0) is 12.8 Å². The SMILES string of the molecule is CCc1cccc(C)c1CCN(C)N(C)c1ccc(C(O)CC)cc1. The number of aliphatic hydroxyl groups excluding tert-OH is 1. The van der Waals surface area contributed by atoms with Gasteiger partial charge >= 0.3 is 0 Å². The van der Waals surface area contributed by atoms with Crippen LogP contribution in [0.4, 0.5) is 5.69 Å². The number of hydrazine groups is 1. The standard InChI is InChI=1S/C22H32N2O/c1-6-18-10-8-9-17(3)21(18)15-16-23(4)24(5)20-13-11-19(12-14-20)22(25)7-2/h8-14,22,25H,6-7,15-16H2,1-5H3. The van der Waals surface area contributed by atoms with E-state index in [0.29, 0.717) is 0 Å². The maximum Gasteiger partial charge on any atom is 0.0787 e. The van der Waals surface area contributed by atoms with Crippen molar-refractivity contribution < 1.29 is 5.11 Å².